The van der Waals surface area contributed by atoms with Crippen molar-refractivity contribution in [1.82, 2.24) is 20.4 Å². The summed E-state index contributed by atoms with van der Waals surface area (Å²) in [4.78, 5) is 22.3. The lowest BCUT2D eigenvalue weighted by molar-refractivity contribution is -0.127. The van der Waals surface area contributed by atoms with Crippen molar-refractivity contribution in [2.45, 2.75) is 45.2 Å². The van der Waals surface area contributed by atoms with Gasteiger partial charge in [-0.1, -0.05) is 17.3 Å². The van der Waals surface area contributed by atoms with E-state index in [0.29, 0.717) is 24.8 Å². The van der Waals surface area contributed by atoms with Crippen LogP contribution in [0.15, 0.2) is 53.1 Å². The third-order valence-electron chi connectivity index (χ3n) is 7.27. The molecule has 1 amide bonds. The highest BCUT2D eigenvalue weighted by atomic mass is 16.5. The minimum absolute atomic E-state index is 0.0245. The molecule has 0 spiro atoms. The van der Waals surface area contributed by atoms with E-state index in [9.17, 15) is 4.79 Å². The van der Waals surface area contributed by atoms with Crippen molar-refractivity contribution in [3.63, 3.8) is 0 Å². The number of hydrogen-bond acceptors (Lipinski definition) is 7. The van der Waals surface area contributed by atoms with Crippen LogP contribution in [-0.4, -0.2) is 54.2 Å². The highest BCUT2D eigenvalue weighted by Gasteiger charge is 2.28. The van der Waals surface area contributed by atoms with Crippen LogP contribution >= 0.6 is 0 Å². The summed E-state index contributed by atoms with van der Waals surface area (Å²) in [5.74, 6) is 1.97. The van der Waals surface area contributed by atoms with E-state index in [4.69, 9.17) is 9.26 Å². The Labute approximate surface area is 212 Å². The second-order valence-corrected chi connectivity index (χ2v) is 9.83. The van der Waals surface area contributed by atoms with Crippen molar-refractivity contribution in [2.24, 2.45) is 5.92 Å². The minimum Gasteiger partial charge on any atom is -0.497 e. The predicted octanol–water partition coefficient (Wildman–Crippen LogP) is 4.43. The van der Waals surface area contributed by atoms with Crippen molar-refractivity contribution in [3.8, 4) is 17.1 Å². The van der Waals surface area contributed by atoms with Gasteiger partial charge in [0.25, 0.3) is 0 Å². The summed E-state index contributed by atoms with van der Waals surface area (Å²) in [6.45, 7) is 6.47. The number of rotatable bonds is 8. The molecule has 3 aromatic rings. The van der Waals surface area contributed by atoms with Gasteiger partial charge in [-0.25, -0.2) is 0 Å². The molecule has 1 aromatic heterocycles. The smallest absolute Gasteiger partial charge is 0.241 e. The Balaban J connectivity index is 1.14. The average Bonchev–Trinajstić information content (AvgIpc) is 3.62. The molecule has 2 aliphatic rings. The van der Waals surface area contributed by atoms with Crippen molar-refractivity contribution < 1.29 is 14.1 Å². The summed E-state index contributed by atoms with van der Waals surface area (Å²) in [6.07, 6.45) is 4.40. The second kappa shape index (κ2) is 11.1. The number of methoxy groups -OCH3 is 1. The van der Waals surface area contributed by atoms with Crippen LogP contribution in [0.3, 0.4) is 0 Å². The van der Waals surface area contributed by atoms with E-state index in [2.05, 4.69) is 56.4 Å². The number of carbonyl (C=O) groups excluding carboxylic acids is 1. The van der Waals surface area contributed by atoms with E-state index < -0.39 is 0 Å². The van der Waals surface area contributed by atoms with E-state index in [1.807, 2.05) is 24.3 Å². The number of benzene rings is 2. The summed E-state index contributed by atoms with van der Waals surface area (Å²) in [6, 6.07) is 16.2. The van der Waals surface area contributed by atoms with Crippen LogP contribution in [0, 0.1) is 5.92 Å². The van der Waals surface area contributed by atoms with Crippen molar-refractivity contribution >= 4 is 11.6 Å². The Bertz CT molecular complexity index is 1140. The first-order chi connectivity index (χ1) is 17.6. The molecule has 2 unspecified atom stereocenters. The third kappa shape index (κ3) is 5.70. The van der Waals surface area contributed by atoms with Crippen LogP contribution in [-0.2, 0) is 11.3 Å². The molecule has 190 valence electrons. The third-order valence-corrected chi connectivity index (χ3v) is 7.27. The van der Waals surface area contributed by atoms with Crippen molar-refractivity contribution in [3.05, 3.63) is 60.0 Å². The van der Waals surface area contributed by atoms with Gasteiger partial charge in [-0.2, -0.15) is 4.98 Å². The summed E-state index contributed by atoms with van der Waals surface area (Å²) < 4.78 is 10.7. The first kappa shape index (κ1) is 24.3. The standard InChI is InChI=1S/C28H35N5O3/c1-20(21-7-11-24(12-8-21)33-16-3-4-17-33)29-28(34)23-6-5-15-32(18-23)19-26-30-27(31-36-26)22-9-13-25(35-2)14-10-22/h7-14,20,23H,3-6,15-19H2,1-2H3,(H,29,34). The largest absolute Gasteiger partial charge is 0.497 e. The first-order valence-electron chi connectivity index (χ1n) is 12.9. The van der Waals surface area contributed by atoms with E-state index in [0.717, 1.165) is 49.4 Å². The lowest BCUT2D eigenvalue weighted by Gasteiger charge is -2.31. The highest BCUT2D eigenvalue weighted by molar-refractivity contribution is 5.79. The van der Waals surface area contributed by atoms with Gasteiger partial charge in [0, 0.05) is 30.9 Å². The monoisotopic (exact) mass is 489 g/mol. The van der Waals surface area contributed by atoms with Crippen LogP contribution in [0.1, 0.15) is 50.1 Å². The van der Waals surface area contributed by atoms with E-state index >= 15 is 0 Å². The van der Waals surface area contributed by atoms with Gasteiger partial charge >= 0.3 is 0 Å². The fourth-order valence-electron chi connectivity index (χ4n) is 5.14. The topological polar surface area (TPSA) is 83.7 Å². The number of piperidine rings is 1. The van der Waals surface area contributed by atoms with Crippen molar-refractivity contribution in [1.29, 1.82) is 0 Å². The summed E-state index contributed by atoms with van der Waals surface area (Å²) in [7, 11) is 1.64. The maximum Gasteiger partial charge on any atom is 0.241 e. The molecule has 2 fully saturated rings. The van der Waals surface area contributed by atoms with Gasteiger partial charge in [0.05, 0.1) is 25.6 Å². The molecule has 36 heavy (non-hydrogen) atoms. The zero-order chi connectivity index (χ0) is 24.9. The zero-order valence-electron chi connectivity index (χ0n) is 21.2. The number of nitrogens with one attached hydrogen (secondary N) is 1. The lowest BCUT2D eigenvalue weighted by atomic mass is 9.96. The minimum atomic E-state index is -0.0472. The molecule has 0 saturated carbocycles. The number of aromatic nitrogens is 2. The second-order valence-electron chi connectivity index (χ2n) is 9.83. The molecule has 0 bridgehead atoms. The molecule has 2 aliphatic heterocycles. The van der Waals surface area contributed by atoms with Crippen LogP contribution in [0.5, 0.6) is 5.75 Å². The fourth-order valence-corrected chi connectivity index (χ4v) is 5.14. The lowest BCUT2D eigenvalue weighted by Crippen LogP contribution is -2.43. The molecular formula is C28H35N5O3. The van der Waals surface area contributed by atoms with Gasteiger partial charge in [0.1, 0.15) is 5.75 Å². The average molecular weight is 490 g/mol. The quantitative estimate of drug-likeness (QED) is 0.501. The Morgan fingerprint density at radius 1 is 1.08 bits per heavy atom. The van der Waals surface area contributed by atoms with Gasteiger partial charge in [0.2, 0.25) is 17.6 Å². The Kier molecular flexibility index (Phi) is 7.51. The molecular weight excluding hydrogens is 454 g/mol. The number of hydrogen-bond donors (Lipinski definition) is 1. The molecule has 2 aromatic carbocycles. The number of ether oxygens (including phenoxy) is 1. The maximum absolute atomic E-state index is 13.1. The molecule has 5 rings (SSSR count). The van der Waals surface area contributed by atoms with Crippen LogP contribution < -0.4 is 15.0 Å². The normalized spacial score (nSPS) is 19.3. The van der Waals surface area contributed by atoms with Gasteiger partial charge in [0.15, 0.2) is 0 Å². The van der Waals surface area contributed by atoms with Crippen molar-refractivity contribution in [2.75, 3.05) is 38.2 Å². The number of amides is 1. The predicted molar refractivity (Wildman–Crippen MR) is 139 cm³/mol. The molecule has 0 radical (unpaired) electrons. The Morgan fingerprint density at radius 3 is 2.56 bits per heavy atom. The van der Waals surface area contributed by atoms with Gasteiger partial charge < -0.3 is 19.5 Å². The van der Waals surface area contributed by atoms with Gasteiger partial charge in [-0.05, 0) is 81.1 Å². The van der Waals surface area contributed by atoms with Crippen LogP contribution in [0.4, 0.5) is 5.69 Å². The molecule has 3 heterocycles. The van der Waals surface area contributed by atoms with E-state index in [-0.39, 0.29) is 17.9 Å². The molecule has 8 nitrogen and oxygen atoms in total. The Morgan fingerprint density at radius 2 is 1.83 bits per heavy atom. The zero-order valence-corrected chi connectivity index (χ0v) is 21.2. The Hall–Kier alpha value is -3.39. The summed E-state index contributed by atoms with van der Waals surface area (Å²) in [5.41, 5.74) is 3.29. The number of nitrogens with zero attached hydrogens (tertiary/aromatic N) is 4. The van der Waals surface area contributed by atoms with Gasteiger partial charge in [-0.3, -0.25) is 9.69 Å². The number of carbonyl (C=O) groups is 1. The number of likely N-dealkylation sites (tertiary alicyclic amines) is 1. The maximum atomic E-state index is 13.1. The first-order valence-corrected chi connectivity index (χ1v) is 12.9. The highest BCUT2D eigenvalue weighted by Crippen LogP contribution is 2.25. The summed E-state index contributed by atoms with van der Waals surface area (Å²) >= 11 is 0. The van der Waals surface area contributed by atoms with E-state index in [1.54, 1.807) is 7.11 Å². The van der Waals surface area contributed by atoms with Crippen LogP contribution in [0.25, 0.3) is 11.4 Å². The summed E-state index contributed by atoms with van der Waals surface area (Å²) in [5, 5.41) is 7.36. The number of anilines is 1. The molecule has 0 aliphatic carbocycles. The molecule has 8 heteroatoms. The fraction of sp³-hybridized carbons (Fsp3) is 0.464. The van der Waals surface area contributed by atoms with E-state index in [1.165, 1.54) is 18.5 Å². The molecule has 2 saturated heterocycles. The van der Waals surface area contributed by atoms with Crippen LogP contribution in [0.2, 0.25) is 0 Å². The van der Waals surface area contributed by atoms with Gasteiger partial charge in [-0.15, -0.1) is 0 Å². The molecule has 1 N–H and O–H groups in total. The molecule has 2 atom stereocenters. The SMILES string of the molecule is COc1ccc(-c2noc(CN3CCCC(C(=O)NC(C)c4ccc(N5CCCC5)cc4)C3)n2)cc1.